The van der Waals surface area contributed by atoms with Crippen molar-refractivity contribution in [2.45, 2.75) is 25.2 Å². The molecular weight excluding hydrogens is 418 g/mol. The van der Waals surface area contributed by atoms with Gasteiger partial charge in [0.15, 0.2) is 11.0 Å². The molecule has 30 heavy (non-hydrogen) atoms. The number of esters is 1. The predicted octanol–water partition coefficient (Wildman–Crippen LogP) is 5.61. The maximum atomic E-state index is 12.3. The lowest BCUT2D eigenvalue weighted by Crippen LogP contribution is -2.09. The van der Waals surface area contributed by atoms with E-state index in [1.165, 1.54) is 11.8 Å². The standard InChI is InChI=1S/C23H20ClN3O2S/c1-2-27-22(17-10-12-19(24)13-11-17)25-26-23(27)30-15-21(28)29-14-18-8-5-7-16-6-3-4-9-20(16)18/h3-13H,2,14-15H2,1H3. The van der Waals surface area contributed by atoms with Crippen molar-refractivity contribution in [1.82, 2.24) is 14.8 Å². The van der Waals surface area contributed by atoms with Gasteiger partial charge in [-0.25, -0.2) is 0 Å². The molecule has 4 aromatic rings. The molecule has 0 aliphatic heterocycles. The van der Waals surface area contributed by atoms with E-state index in [0.717, 1.165) is 27.7 Å². The molecule has 0 saturated carbocycles. The zero-order chi connectivity index (χ0) is 20.9. The molecular formula is C23H20ClN3O2S. The molecule has 0 fully saturated rings. The highest BCUT2D eigenvalue weighted by Gasteiger charge is 2.15. The van der Waals surface area contributed by atoms with Crippen molar-refractivity contribution in [3.8, 4) is 11.4 Å². The SMILES string of the molecule is CCn1c(SCC(=O)OCc2cccc3ccccc23)nnc1-c1ccc(Cl)cc1. The van der Waals surface area contributed by atoms with Gasteiger partial charge in [0.25, 0.3) is 0 Å². The maximum Gasteiger partial charge on any atom is 0.316 e. The Morgan fingerprint density at radius 2 is 1.80 bits per heavy atom. The van der Waals surface area contributed by atoms with Crippen LogP contribution in [-0.4, -0.2) is 26.5 Å². The zero-order valence-electron chi connectivity index (χ0n) is 16.4. The number of halogens is 1. The summed E-state index contributed by atoms with van der Waals surface area (Å²) in [6, 6.07) is 21.5. The van der Waals surface area contributed by atoms with Crippen LogP contribution >= 0.6 is 23.4 Å². The van der Waals surface area contributed by atoms with Crippen LogP contribution in [-0.2, 0) is 22.7 Å². The fraction of sp³-hybridized carbons (Fsp3) is 0.174. The van der Waals surface area contributed by atoms with Crippen molar-refractivity contribution in [2.24, 2.45) is 0 Å². The number of carbonyl (C=O) groups excluding carboxylic acids is 1. The van der Waals surface area contributed by atoms with Crippen LogP contribution in [0.15, 0.2) is 71.9 Å². The van der Waals surface area contributed by atoms with Gasteiger partial charge in [-0.15, -0.1) is 10.2 Å². The second-order valence-electron chi connectivity index (χ2n) is 6.64. The van der Waals surface area contributed by atoms with E-state index >= 15 is 0 Å². The number of nitrogens with zero attached hydrogens (tertiary/aromatic N) is 3. The molecule has 0 radical (unpaired) electrons. The van der Waals surface area contributed by atoms with Gasteiger partial charge in [0.1, 0.15) is 6.61 Å². The Kier molecular flexibility index (Phi) is 6.35. The normalized spacial score (nSPS) is 11.0. The summed E-state index contributed by atoms with van der Waals surface area (Å²) < 4.78 is 7.48. The first-order valence-electron chi connectivity index (χ1n) is 9.60. The monoisotopic (exact) mass is 437 g/mol. The maximum absolute atomic E-state index is 12.3. The number of fused-ring (bicyclic) bond motifs is 1. The highest BCUT2D eigenvalue weighted by atomic mass is 35.5. The third kappa shape index (κ3) is 4.50. The lowest BCUT2D eigenvalue weighted by atomic mass is 10.1. The van der Waals surface area contributed by atoms with Gasteiger partial charge in [-0.1, -0.05) is 65.8 Å². The van der Waals surface area contributed by atoms with Crippen molar-refractivity contribution >= 4 is 40.1 Å². The summed E-state index contributed by atoms with van der Waals surface area (Å²) >= 11 is 7.30. The minimum absolute atomic E-state index is 0.170. The highest BCUT2D eigenvalue weighted by molar-refractivity contribution is 7.99. The van der Waals surface area contributed by atoms with E-state index in [1.54, 1.807) is 0 Å². The van der Waals surface area contributed by atoms with Gasteiger partial charge in [-0.05, 0) is 47.5 Å². The first-order valence-corrected chi connectivity index (χ1v) is 11.0. The van der Waals surface area contributed by atoms with Crippen molar-refractivity contribution in [3.05, 3.63) is 77.3 Å². The van der Waals surface area contributed by atoms with Crippen LogP contribution in [0, 0.1) is 0 Å². The van der Waals surface area contributed by atoms with E-state index in [9.17, 15) is 4.79 Å². The van der Waals surface area contributed by atoms with E-state index in [2.05, 4.69) is 10.2 Å². The van der Waals surface area contributed by atoms with E-state index in [1.807, 2.05) is 78.2 Å². The van der Waals surface area contributed by atoms with Crippen molar-refractivity contribution in [3.63, 3.8) is 0 Å². The first kappa shape index (κ1) is 20.4. The quantitative estimate of drug-likeness (QED) is 0.278. The van der Waals surface area contributed by atoms with E-state index in [-0.39, 0.29) is 18.3 Å². The lowest BCUT2D eigenvalue weighted by molar-refractivity contribution is -0.141. The van der Waals surface area contributed by atoms with Crippen LogP contribution in [0.1, 0.15) is 12.5 Å². The van der Waals surface area contributed by atoms with Crippen molar-refractivity contribution < 1.29 is 9.53 Å². The molecule has 1 heterocycles. The molecule has 7 heteroatoms. The summed E-state index contributed by atoms with van der Waals surface area (Å²) in [5.41, 5.74) is 1.92. The predicted molar refractivity (Wildman–Crippen MR) is 121 cm³/mol. The first-order chi connectivity index (χ1) is 14.7. The van der Waals surface area contributed by atoms with Crippen LogP contribution in [0.4, 0.5) is 0 Å². The summed E-state index contributed by atoms with van der Waals surface area (Å²) in [5.74, 6) is 0.635. The summed E-state index contributed by atoms with van der Waals surface area (Å²) in [6.07, 6.45) is 0. The molecule has 1 aromatic heterocycles. The summed E-state index contributed by atoms with van der Waals surface area (Å²) in [7, 11) is 0. The number of hydrogen-bond acceptors (Lipinski definition) is 5. The van der Waals surface area contributed by atoms with Crippen molar-refractivity contribution in [1.29, 1.82) is 0 Å². The van der Waals surface area contributed by atoms with Gasteiger partial charge < -0.3 is 9.30 Å². The number of carbonyl (C=O) groups is 1. The molecule has 0 aliphatic carbocycles. The third-order valence-electron chi connectivity index (χ3n) is 4.72. The van der Waals surface area contributed by atoms with Crippen LogP contribution in [0.5, 0.6) is 0 Å². The Labute approximate surface area is 184 Å². The average Bonchev–Trinajstić information content (AvgIpc) is 3.19. The second-order valence-corrected chi connectivity index (χ2v) is 8.02. The number of thioether (sulfide) groups is 1. The van der Waals surface area contributed by atoms with Crippen LogP contribution in [0.25, 0.3) is 22.2 Å². The summed E-state index contributed by atoms with van der Waals surface area (Å²) in [5, 5.41) is 12.1. The highest BCUT2D eigenvalue weighted by Crippen LogP contribution is 2.25. The van der Waals surface area contributed by atoms with Crippen LogP contribution in [0.3, 0.4) is 0 Å². The van der Waals surface area contributed by atoms with Gasteiger partial charge in [0.2, 0.25) is 0 Å². The molecule has 0 N–H and O–H groups in total. The smallest absolute Gasteiger partial charge is 0.316 e. The lowest BCUT2D eigenvalue weighted by Gasteiger charge is -2.09. The van der Waals surface area contributed by atoms with Gasteiger partial charge in [0, 0.05) is 17.1 Å². The Morgan fingerprint density at radius 1 is 1.03 bits per heavy atom. The molecule has 0 unspecified atom stereocenters. The number of benzene rings is 3. The zero-order valence-corrected chi connectivity index (χ0v) is 18.0. The fourth-order valence-corrected chi connectivity index (χ4v) is 4.16. The Hall–Kier alpha value is -2.83. The number of rotatable bonds is 7. The molecule has 5 nitrogen and oxygen atoms in total. The summed E-state index contributed by atoms with van der Waals surface area (Å²) in [6.45, 7) is 2.96. The van der Waals surface area contributed by atoms with Gasteiger partial charge in [-0.3, -0.25) is 4.79 Å². The Morgan fingerprint density at radius 3 is 2.60 bits per heavy atom. The minimum Gasteiger partial charge on any atom is -0.460 e. The summed E-state index contributed by atoms with van der Waals surface area (Å²) in [4.78, 5) is 12.3. The number of aromatic nitrogens is 3. The molecule has 0 amide bonds. The minimum atomic E-state index is -0.286. The molecule has 0 saturated heterocycles. The molecule has 152 valence electrons. The third-order valence-corrected chi connectivity index (χ3v) is 5.92. The largest absolute Gasteiger partial charge is 0.460 e. The molecule has 0 spiro atoms. The van der Waals surface area contributed by atoms with E-state index in [4.69, 9.17) is 16.3 Å². The molecule has 3 aromatic carbocycles. The van der Waals surface area contributed by atoms with Crippen LogP contribution in [0.2, 0.25) is 5.02 Å². The second kappa shape index (κ2) is 9.32. The Balaban J connectivity index is 1.40. The van der Waals surface area contributed by atoms with Gasteiger partial charge >= 0.3 is 5.97 Å². The molecule has 4 rings (SSSR count). The molecule has 0 aliphatic rings. The molecule has 0 atom stereocenters. The fourth-order valence-electron chi connectivity index (χ4n) is 3.23. The average molecular weight is 438 g/mol. The topological polar surface area (TPSA) is 57.0 Å². The Bertz CT molecular complexity index is 1170. The number of hydrogen-bond donors (Lipinski definition) is 0. The van der Waals surface area contributed by atoms with Gasteiger partial charge in [-0.2, -0.15) is 0 Å². The van der Waals surface area contributed by atoms with E-state index < -0.39 is 0 Å². The number of ether oxygens (including phenoxy) is 1. The molecule has 0 bridgehead atoms. The van der Waals surface area contributed by atoms with E-state index in [0.29, 0.717) is 16.7 Å². The van der Waals surface area contributed by atoms with Crippen LogP contribution < -0.4 is 0 Å². The van der Waals surface area contributed by atoms with Crippen molar-refractivity contribution in [2.75, 3.05) is 5.75 Å². The van der Waals surface area contributed by atoms with Gasteiger partial charge in [0.05, 0.1) is 5.75 Å².